The van der Waals surface area contributed by atoms with Gasteiger partial charge in [-0.1, -0.05) is 27.2 Å². The molecule has 0 bridgehead atoms. The smallest absolute Gasteiger partial charge is 0.455 e. The van der Waals surface area contributed by atoms with Crippen molar-refractivity contribution in [1.29, 1.82) is 0 Å². The van der Waals surface area contributed by atoms with E-state index in [1.165, 1.54) is 0 Å². The summed E-state index contributed by atoms with van der Waals surface area (Å²) in [6.07, 6.45) is -3.13. The SMILES string of the molecule is CC(C)[C@H]1CC[C@@H](C)C[C@H]1OC(=O)C(F)(F)F. The second kappa shape index (κ2) is 5.27. The zero-order valence-electron chi connectivity index (χ0n) is 10.4. The van der Waals surface area contributed by atoms with Crippen LogP contribution >= 0.6 is 0 Å². The number of esters is 1. The average Bonchev–Trinajstić information content (AvgIpc) is 2.15. The van der Waals surface area contributed by atoms with Gasteiger partial charge in [0, 0.05) is 0 Å². The Morgan fingerprint density at radius 1 is 1.29 bits per heavy atom. The molecule has 0 aromatic rings. The van der Waals surface area contributed by atoms with Crippen LogP contribution in [0, 0.1) is 17.8 Å². The van der Waals surface area contributed by atoms with Gasteiger partial charge in [0.05, 0.1) is 0 Å². The van der Waals surface area contributed by atoms with Crippen LogP contribution in [0.5, 0.6) is 0 Å². The van der Waals surface area contributed by atoms with Crippen molar-refractivity contribution in [3.8, 4) is 0 Å². The molecule has 1 fully saturated rings. The molecule has 1 aliphatic carbocycles. The first-order valence-corrected chi connectivity index (χ1v) is 5.99. The summed E-state index contributed by atoms with van der Waals surface area (Å²) in [6, 6.07) is 0. The zero-order valence-corrected chi connectivity index (χ0v) is 10.4. The lowest BCUT2D eigenvalue weighted by Crippen LogP contribution is -2.39. The van der Waals surface area contributed by atoms with E-state index in [0.717, 1.165) is 12.8 Å². The highest BCUT2D eigenvalue weighted by Crippen LogP contribution is 2.36. The van der Waals surface area contributed by atoms with Gasteiger partial charge in [0.2, 0.25) is 0 Å². The molecule has 100 valence electrons. The van der Waals surface area contributed by atoms with Crippen LogP contribution in [0.1, 0.15) is 40.0 Å². The fraction of sp³-hybridized carbons (Fsp3) is 0.917. The van der Waals surface area contributed by atoms with Crippen LogP contribution in [0.15, 0.2) is 0 Å². The average molecular weight is 252 g/mol. The number of rotatable bonds is 2. The van der Waals surface area contributed by atoms with E-state index in [9.17, 15) is 18.0 Å². The van der Waals surface area contributed by atoms with Gasteiger partial charge in [0.25, 0.3) is 0 Å². The van der Waals surface area contributed by atoms with Gasteiger partial charge in [-0.25, -0.2) is 4.79 Å². The van der Waals surface area contributed by atoms with Crippen LogP contribution in [-0.2, 0) is 9.53 Å². The number of carbonyl (C=O) groups is 1. The normalized spacial score (nSPS) is 30.4. The van der Waals surface area contributed by atoms with E-state index in [4.69, 9.17) is 0 Å². The van der Waals surface area contributed by atoms with Crippen molar-refractivity contribution >= 4 is 5.97 Å². The molecule has 0 heterocycles. The minimum Gasteiger partial charge on any atom is -0.455 e. The molecule has 1 saturated carbocycles. The van der Waals surface area contributed by atoms with Crippen molar-refractivity contribution in [2.75, 3.05) is 0 Å². The molecule has 0 aliphatic heterocycles. The highest BCUT2D eigenvalue weighted by atomic mass is 19.4. The summed E-state index contributed by atoms with van der Waals surface area (Å²) in [5.74, 6) is -1.47. The quantitative estimate of drug-likeness (QED) is 0.702. The van der Waals surface area contributed by atoms with Crippen molar-refractivity contribution < 1.29 is 22.7 Å². The van der Waals surface area contributed by atoms with Crippen molar-refractivity contribution in [2.45, 2.75) is 52.3 Å². The Morgan fingerprint density at radius 2 is 1.88 bits per heavy atom. The van der Waals surface area contributed by atoms with Crippen LogP contribution in [0.25, 0.3) is 0 Å². The van der Waals surface area contributed by atoms with Gasteiger partial charge in [0.15, 0.2) is 0 Å². The summed E-state index contributed by atoms with van der Waals surface area (Å²) < 4.78 is 41.1. The molecule has 3 atom stereocenters. The zero-order chi connectivity index (χ0) is 13.2. The van der Waals surface area contributed by atoms with Crippen molar-refractivity contribution in [1.82, 2.24) is 0 Å². The molecule has 0 saturated heterocycles. The minimum absolute atomic E-state index is 0.0394. The number of carbonyl (C=O) groups excluding carboxylic acids is 1. The van der Waals surface area contributed by atoms with E-state index in [0.29, 0.717) is 12.3 Å². The van der Waals surface area contributed by atoms with Crippen LogP contribution in [-0.4, -0.2) is 18.2 Å². The predicted molar refractivity (Wildman–Crippen MR) is 57.3 cm³/mol. The summed E-state index contributed by atoms with van der Waals surface area (Å²) >= 11 is 0. The van der Waals surface area contributed by atoms with Gasteiger partial charge in [-0.2, -0.15) is 13.2 Å². The lowest BCUT2D eigenvalue weighted by molar-refractivity contribution is -0.210. The second-order valence-electron chi connectivity index (χ2n) is 5.27. The molecule has 0 unspecified atom stereocenters. The fourth-order valence-corrected chi connectivity index (χ4v) is 2.45. The Hall–Kier alpha value is -0.740. The van der Waals surface area contributed by atoms with E-state index in [1.807, 2.05) is 20.8 Å². The van der Waals surface area contributed by atoms with Gasteiger partial charge >= 0.3 is 12.1 Å². The van der Waals surface area contributed by atoms with Crippen LogP contribution in [0.3, 0.4) is 0 Å². The topological polar surface area (TPSA) is 26.3 Å². The molecule has 2 nitrogen and oxygen atoms in total. The predicted octanol–water partition coefficient (Wildman–Crippen LogP) is 3.55. The van der Waals surface area contributed by atoms with Crippen molar-refractivity contribution in [3.05, 3.63) is 0 Å². The number of hydrogen-bond acceptors (Lipinski definition) is 2. The molecule has 0 aromatic carbocycles. The Kier molecular flexibility index (Phi) is 4.44. The Bertz CT molecular complexity index is 273. The summed E-state index contributed by atoms with van der Waals surface area (Å²) in [6.45, 7) is 5.88. The van der Waals surface area contributed by atoms with Crippen molar-refractivity contribution in [3.63, 3.8) is 0 Å². The largest absolute Gasteiger partial charge is 0.490 e. The first kappa shape index (κ1) is 14.3. The molecule has 0 amide bonds. The van der Waals surface area contributed by atoms with Gasteiger partial charge in [-0.05, 0) is 30.6 Å². The third-order valence-corrected chi connectivity index (χ3v) is 3.45. The molecular weight excluding hydrogens is 233 g/mol. The number of ether oxygens (including phenoxy) is 1. The molecule has 0 radical (unpaired) electrons. The Balaban J connectivity index is 2.67. The maximum atomic E-state index is 12.2. The maximum absolute atomic E-state index is 12.2. The van der Waals surface area contributed by atoms with Gasteiger partial charge < -0.3 is 4.74 Å². The number of halogens is 3. The monoisotopic (exact) mass is 252 g/mol. The lowest BCUT2D eigenvalue weighted by atomic mass is 9.75. The van der Waals surface area contributed by atoms with Crippen LogP contribution < -0.4 is 0 Å². The highest BCUT2D eigenvalue weighted by molar-refractivity contribution is 5.75. The summed E-state index contributed by atoms with van der Waals surface area (Å²) in [5.41, 5.74) is 0. The summed E-state index contributed by atoms with van der Waals surface area (Å²) in [7, 11) is 0. The van der Waals surface area contributed by atoms with Crippen LogP contribution in [0.4, 0.5) is 13.2 Å². The molecule has 0 N–H and O–H groups in total. The minimum atomic E-state index is -4.89. The molecule has 0 spiro atoms. The van der Waals surface area contributed by atoms with E-state index < -0.39 is 18.2 Å². The van der Waals surface area contributed by atoms with Crippen LogP contribution in [0.2, 0.25) is 0 Å². The first-order valence-electron chi connectivity index (χ1n) is 5.99. The van der Waals surface area contributed by atoms with E-state index in [1.54, 1.807) is 0 Å². The highest BCUT2D eigenvalue weighted by Gasteiger charge is 2.44. The third-order valence-electron chi connectivity index (χ3n) is 3.45. The fourth-order valence-electron chi connectivity index (χ4n) is 2.45. The van der Waals surface area contributed by atoms with E-state index >= 15 is 0 Å². The lowest BCUT2D eigenvalue weighted by Gasteiger charge is -2.36. The second-order valence-corrected chi connectivity index (χ2v) is 5.27. The summed E-state index contributed by atoms with van der Waals surface area (Å²) in [5, 5.41) is 0. The Morgan fingerprint density at radius 3 is 2.35 bits per heavy atom. The number of hydrogen-bond donors (Lipinski definition) is 0. The molecule has 5 heteroatoms. The standard InChI is InChI=1S/C12H19F3O2/c1-7(2)9-5-4-8(3)6-10(9)17-11(16)12(13,14)15/h7-10H,4-6H2,1-3H3/t8-,9-,10-/m1/s1. The van der Waals surface area contributed by atoms with E-state index in [-0.39, 0.29) is 11.8 Å². The van der Waals surface area contributed by atoms with E-state index in [2.05, 4.69) is 4.74 Å². The maximum Gasteiger partial charge on any atom is 0.490 e. The molecule has 0 aromatic heterocycles. The summed E-state index contributed by atoms with van der Waals surface area (Å²) in [4.78, 5) is 10.9. The van der Waals surface area contributed by atoms with Crippen molar-refractivity contribution in [2.24, 2.45) is 17.8 Å². The molecule has 1 rings (SSSR count). The first-order chi connectivity index (χ1) is 7.71. The molecular formula is C12H19F3O2. The Labute approximate surface area is 99.5 Å². The molecule has 1 aliphatic rings. The molecule has 17 heavy (non-hydrogen) atoms. The van der Waals surface area contributed by atoms with Gasteiger partial charge in [-0.3, -0.25) is 0 Å². The third kappa shape index (κ3) is 3.89. The van der Waals surface area contributed by atoms with Gasteiger partial charge in [-0.15, -0.1) is 0 Å². The number of alkyl halides is 3. The van der Waals surface area contributed by atoms with Gasteiger partial charge in [0.1, 0.15) is 6.10 Å².